The summed E-state index contributed by atoms with van der Waals surface area (Å²) in [6.45, 7) is 8.52. The maximum absolute atomic E-state index is 12.5. The molecule has 0 aliphatic carbocycles. The van der Waals surface area contributed by atoms with Crippen molar-refractivity contribution in [1.29, 1.82) is 0 Å². The molecule has 1 amide bonds. The van der Waals surface area contributed by atoms with Gasteiger partial charge in [-0.25, -0.2) is 4.79 Å². The summed E-state index contributed by atoms with van der Waals surface area (Å²) >= 11 is 0. The SMILES string of the molecule is CCOC(=O)C1CCN(C(=O)C(C)OC(=O)COc2ccc(C(C)C)cc2)CC1. The average molecular weight is 405 g/mol. The fourth-order valence-electron chi connectivity index (χ4n) is 3.23. The van der Waals surface area contributed by atoms with Gasteiger partial charge in [-0.3, -0.25) is 9.59 Å². The normalized spacial score (nSPS) is 15.7. The molecule has 1 aromatic carbocycles. The largest absolute Gasteiger partial charge is 0.482 e. The summed E-state index contributed by atoms with van der Waals surface area (Å²) < 4.78 is 15.7. The predicted octanol–water partition coefficient (Wildman–Crippen LogP) is 2.92. The number of nitrogens with zero attached hydrogens (tertiary/aromatic N) is 1. The van der Waals surface area contributed by atoms with E-state index in [-0.39, 0.29) is 24.4 Å². The zero-order chi connectivity index (χ0) is 21.4. The molecule has 0 radical (unpaired) electrons. The average Bonchev–Trinajstić information content (AvgIpc) is 2.72. The molecule has 1 aromatic rings. The van der Waals surface area contributed by atoms with Crippen LogP contribution in [0.2, 0.25) is 0 Å². The molecule has 0 saturated carbocycles. The quantitative estimate of drug-likeness (QED) is 0.619. The van der Waals surface area contributed by atoms with Gasteiger partial charge in [0, 0.05) is 13.1 Å². The second kappa shape index (κ2) is 10.8. The Labute approximate surface area is 172 Å². The van der Waals surface area contributed by atoms with Crippen LogP contribution in [0.5, 0.6) is 5.75 Å². The van der Waals surface area contributed by atoms with E-state index in [1.165, 1.54) is 5.56 Å². The van der Waals surface area contributed by atoms with E-state index >= 15 is 0 Å². The van der Waals surface area contributed by atoms with Gasteiger partial charge in [0.05, 0.1) is 12.5 Å². The zero-order valence-electron chi connectivity index (χ0n) is 17.7. The first-order valence-electron chi connectivity index (χ1n) is 10.2. The fourth-order valence-corrected chi connectivity index (χ4v) is 3.23. The zero-order valence-corrected chi connectivity index (χ0v) is 17.7. The number of amides is 1. The van der Waals surface area contributed by atoms with Crippen molar-refractivity contribution in [2.75, 3.05) is 26.3 Å². The summed E-state index contributed by atoms with van der Waals surface area (Å²) in [5.41, 5.74) is 1.19. The number of hydrogen-bond acceptors (Lipinski definition) is 6. The van der Waals surface area contributed by atoms with E-state index < -0.39 is 12.1 Å². The second-order valence-corrected chi connectivity index (χ2v) is 7.50. The topological polar surface area (TPSA) is 82.1 Å². The van der Waals surface area contributed by atoms with Crippen molar-refractivity contribution >= 4 is 17.8 Å². The highest BCUT2D eigenvalue weighted by atomic mass is 16.6. The minimum Gasteiger partial charge on any atom is -0.482 e. The number of piperidine rings is 1. The Morgan fingerprint density at radius 2 is 1.69 bits per heavy atom. The van der Waals surface area contributed by atoms with Crippen molar-refractivity contribution in [2.24, 2.45) is 5.92 Å². The minimum atomic E-state index is -0.895. The molecule has 160 valence electrons. The fraction of sp³-hybridized carbons (Fsp3) is 0.591. The molecule has 7 heteroatoms. The number of rotatable bonds is 8. The molecular formula is C22H31NO6. The first kappa shape index (κ1) is 22.7. The van der Waals surface area contributed by atoms with Crippen molar-refractivity contribution in [3.05, 3.63) is 29.8 Å². The summed E-state index contributed by atoms with van der Waals surface area (Å²) in [6.07, 6.45) is 0.218. The van der Waals surface area contributed by atoms with Crippen LogP contribution < -0.4 is 4.74 Å². The Bertz CT molecular complexity index is 692. The summed E-state index contributed by atoms with van der Waals surface area (Å²) in [5.74, 6) is -0.248. The van der Waals surface area contributed by atoms with Crippen LogP contribution in [0.4, 0.5) is 0 Å². The molecule has 29 heavy (non-hydrogen) atoms. The van der Waals surface area contributed by atoms with Gasteiger partial charge < -0.3 is 19.1 Å². The van der Waals surface area contributed by atoms with Gasteiger partial charge in [0.25, 0.3) is 5.91 Å². The number of likely N-dealkylation sites (tertiary alicyclic amines) is 1. The number of hydrogen-bond donors (Lipinski definition) is 0. The van der Waals surface area contributed by atoms with Gasteiger partial charge in [0.15, 0.2) is 12.7 Å². The molecular weight excluding hydrogens is 374 g/mol. The maximum Gasteiger partial charge on any atom is 0.344 e. The molecule has 1 aliphatic rings. The van der Waals surface area contributed by atoms with Gasteiger partial charge in [-0.2, -0.15) is 0 Å². The Balaban J connectivity index is 1.74. The van der Waals surface area contributed by atoms with Crippen molar-refractivity contribution < 1.29 is 28.6 Å². The number of esters is 2. The highest BCUT2D eigenvalue weighted by molar-refractivity contribution is 5.84. The number of ether oxygens (including phenoxy) is 3. The van der Waals surface area contributed by atoms with E-state index in [1.807, 2.05) is 24.3 Å². The van der Waals surface area contributed by atoms with Crippen LogP contribution in [0.25, 0.3) is 0 Å². The highest BCUT2D eigenvalue weighted by Crippen LogP contribution is 2.20. The Morgan fingerprint density at radius 3 is 2.24 bits per heavy atom. The van der Waals surface area contributed by atoms with Crippen LogP contribution in [0.15, 0.2) is 24.3 Å². The summed E-state index contributed by atoms with van der Waals surface area (Å²) in [7, 11) is 0. The Kier molecular flexibility index (Phi) is 8.49. The van der Waals surface area contributed by atoms with E-state index in [9.17, 15) is 14.4 Å². The van der Waals surface area contributed by atoms with Gasteiger partial charge in [-0.15, -0.1) is 0 Å². The molecule has 0 bridgehead atoms. The lowest BCUT2D eigenvalue weighted by atomic mass is 9.97. The van der Waals surface area contributed by atoms with Gasteiger partial charge in [-0.1, -0.05) is 26.0 Å². The smallest absolute Gasteiger partial charge is 0.344 e. The molecule has 0 spiro atoms. The molecule has 1 heterocycles. The Morgan fingerprint density at radius 1 is 1.07 bits per heavy atom. The van der Waals surface area contributed by atoms with Crippen molar-refractivity contribution in [2.45, 2.75) is 52.6 Å². The third-order valence-electron chi connectivity index (χ3n) is 4.99. The third-order valence-corrected chi connectivity index (χ3v) is 4.99. The van der Waals surface area contributed by atoms with Gasteiger partial charge in [-0.05, 0) is 50.3 Å². The second-order valence-electron chi connectivity index (χ2n) is 7.50. The number of benzene rings is 1. The van der Waals surface area contributed by atoms with Crippen LogP contribution in [-0.2, 0) is 23.9 Å². The summed E-state index contributed by atoms with van der Waals surface area (Å²) in [4.78, 5) is 37.9. The van der Waals surface area contributed by atoms with Crippen molar-refractivity contribution in [3.63, 3.8) is 0 Å². The minimum absolute atomic E-state index is 0.174. The molecule has 0 N–H and O–H groups in total. The van der Waals surface area contributed by atoms with E-state index in [2.05, 4.69) is 13.8 Å². The Hall–Kier alpha value is -2.57. The predicted molar refractivity (Wildman–Crippen MR) is 108 cm³/mol. The third kappa shape index (κ3) is 6.76. The molecule has 1 saturated heterocycles. The van der Waals surface area contributed by atoms with E-state index in [0.717, 1.165) is 0 Å². The monoisotopic (exact) mass is 405 g/mol. The molecule has 1 aliphatic heterocycles. The first-order chi connectivity index (χ1) is 13.8. The lowest BCUT2D eigenvalue weighted by Gasteiger charge is -2.32. The lowest BCUT2D eigenvalue weighted by molar-refractivity contribution is -0.162. The van der Waals surface area contributed by atoms with Crippen LogP contribution in [0.1, 0.15) is 52.0 Å². The van der Waals surface area contributed by atoms with E-state index in [4.69, 9.17) is 14.2 Å². The van der Waals surface area contributed by atoms with Crippen molar-refractivity contribution in [1.82, 2.24) is 4.90 Å². The molecule has 0 aromatic heterocycles. The van der Waals surface area contributed by atoms with E-state index in [1.54, 1.807) is 18.7 Å². The molecule has 2 rings (SSSR count). The first-order valence-corrected chi connectivity index (χ1v) is 10.2. The number of carbonyl (C=O) groups is 3. The van der Waals surface area contributed by atoms with Crippen molar-refractivity contribution in [3.8, 4) is 5.75 Å². The van der Waals surface area contributed by atoms with Crippen LogP contribution in [0.3, 0.4) is 0 Å². The molecule has 1 fully saturated rings. The van der Waals surface area contributed by atoms with Gasteiger partial charge in [0.2, 0.25) is 0 Å². The van der Waals surface area contributed by atoms with Gasteiger partial charge in [0.1, 0.15) is 5.75 Å². The van der Waals surface area contributed by atoms with E-state index in [0.29, 0.717) is 44.2 Å². The highest BCUT2D eigenvalue weighted by Gasteiger charge is 2.31. The molecule has 7 nitrogen and oxygen atoms in total. The maximum atomic E-state index is 12.5. The molecule has 1 atom stereocenters. The van der Waals surface area contributed by atoms with Crippen LogP contribution in [-0.4, -0.2) is 55.2 Å². The number of carbonyl (C=O) groups excluding carboxylic acids is 3. The van der Waals surface area contributed by atoms with Crippen LogP contribution >= 0.6 is 0 Å². The summed E-state index contributed by atoms with van der Waals surface area (Å²) in [6, 6.07) is 7.53. The standard InChI is InChI=1S/C22H31NO6/c1-5-27-22(26)18-10-12-23(13-11-18)21(25)16(4)29-20(24)14-28-19-8-6-17(7-9-19)15(2)3/h6-9,15-16,18H,5,10-14H2,1-4H3. The lowest BCUT2D eigenvalue weighted by Crippen LogP contribution is -2.45. The molecule has 1 unspecified atom stereocenters. The van der Waals surface area contributed by atoms with Crippen LogP contribution in [0, 0.1) is 5.92 Å². The summed E-state index contributed by atoms with van der Waals surface area (Å²) in [5, 5.41) is 0. The van der Waals surface area contributed by atoms with Gasteiger partial charge >= 0.3 is 11.9 Å².